The van der Waals surface area contributed by atoms with Crippen molar-refractivity contribution in [3.8, 4) is 0 Å². The van der Waals surface area contributed by atoms with Crippen molar-refractivity contribution in [1.82, 2.24) is 9.97 Å². The second-order valence-corrected chi connectivity index (χ2v) is 4.58. The second kappa shape index (κ2) is 7.79. The molecule has 0 radical (unpaired) electrons. The molecule has 5 heteroatoms. The van der Waals surface area contributed by atoms with Gasteiger partial charge in [-0.05, 0) is 13.8 Å². The first-order chi connectivity index (χ1) is 10.0. The first kappa shape index (κ1) is 16.4. The Hall–Kier alpha value is -2.69. The fraction of sp³-hybridized carbons (Fsp3) is 0.188. The van der Waals surface area contributed by atoms with Crippen molar-refractivity contribution in [1.29, 1.82) is 5.41 Å². The molecule has 0 saturated heterocycles. The average molecular weight is 284 g/mol. The summed E-state index contributed by atoms with van der Waals surface area (Å²) in [6.45, 7) is 11.1. The molecule has 0 unspecified atom stereocenters. The fourth-order valence-electron chi connectivity index (χ4n) is 1.68. The van der Waals surface area contributed by atoms with Crippen molar-refractivity contribution in [2.75, 3.05) is 5.32 Å². The monoisotopic (exact) mass is 284 g/mol. The minimum Gasteiger partial charge on any atom is -0.367 e. The molecule has 0 saturated carbocycles. The Kier molecular flexibility index (Phi) is 6.07. The van der Waals surface area contributed by atoms with Crippen LogP contribution in [0.25, 0.3) is 0 Å². The fourth-order valence-corrected chi connectivity index (χ4v) is 1.68. The van der Waals surface area contributed by atoms with Gasteiger partial charge in [0.1, 0.15) is 11.4 Å². The van der Waals surface area contributed by atoms with E-state index < -0.39 is 0 Å². The summed E-state index contributed by atoms with van der Waals surface area (Å²) in [4.78, 5) is 18.7. The average Bonchev–Trinajstić information content (AvgIpc) is 2.42. The Labute approximate surface area is 124 Å². The summed E-state index contributed by atoms with van der Waals surface area (Å²) >= 11 is 0. The van der Waals surface area contributed by atoms with Gasteiger partial charge in [-0.1, -0.05) is 43.5 Å². The van der Waals surface area contributed by atoms with Crippen LogP contribution < -0.4 is 10.9 Å². The van der Waals surface area contributed by atoms with Crippen LogP contribution in [0.4, 0.5) is 5.82 Å². The number of aromatic nitrogens is 2. The molecule has 1 rings (SSSR count). The third-order valence-electron chi connectivity index (χ3n) is 2.53. The molecule has 0 aliphatic rings. The molecular formula is C16H20N4O. The molecule has 110 valence electrons. The minimum atomic E-state index is -0.361. The highest BCUT2D eigenvalue weighted by Gasteiger charge is 2.16. The molecule has 1 heterocycles. The van der Waals surface area contributed by atoms with Crippen LogP contribution in [0.2, 0.25) is 0 Å². The van der Waals surface area contributed by atoms with Gasteiger partial charge in [-0.2, -0.15) is 0 Å². The van der Waals surface area contributed by atoms with E-state index >= 15 is 0 Å². The van der Waals surface area contributed by atoms with Crippen LogP contribution in [0, 0.1) is 5.41 Å². The standard InChI is InChI=1S/C16H20N4O/c1-5-7-9-12(8-6-2)14(17)13-15(20-11(3)4)18-10-19-16(13)21/h5-11,17H,1-2H2,3-4H3,(H2,18,19,20,21)/b9-7-,12-8+,17-14?. The third-order valence-corrected chi connectivity index (χ3v) is 2.53. The summed E-state index contributed by atoms with van der Waals surface area (Å²) in [6.07, 6.45) is 9.54. The lowest BCUT2D eigenvalue weighted by molar-refractivity contribution is 0.883. The van der Waals surface area contributed by atoms with E-state index in [2.05, 4.69) is 28.4 Å². The summed E-state index contributed by atoms with van der Waals surface area (Å²) in [5.74, 6) is 0.390. The lowest BCUT2D eigenvalue weighted by atomic mass is 10.0. The molecule has 21 heavy (non-hydrogen) atoms. The smallest absolute Gasteiger partial charge is 0.262 e. The van der Waals surface area contributed by atoms with E-state index in [1.54, 1.807) is 30.4 Å². The molecule has 0 atom stereocenters. The van der Waals surface area contributed by atoms with Crippen molar-refractivity contribution in [2.24, 2.45) is 0 Å². The zero-order valence-electron chi connectivity index (χ0n) is 12.3. The molecule has 0 aromatic carbocycles. The number of aromatic amines is 1. The lowest BCUT2D eigenvalue weighted by Crippen LogP contribution is -2.24. The van der Waals surface area contributed by atoms with E-state index in [0.29, 0.717) is 11.4 Å². The van der Waals surface area contributed by atoms with Gasteiger partial charge in [0.25, 0.3) is 5.56 Å². The molecule has 0 bridgehead atoms. The molecule has 0 aliphatic heterocycles. The van der Waals surface area contributed by atoms with Gasteiger partial charge in [0.15, 0.2) is 0 Å². The van der Waals surface area contributed by atoms with E-state index in [4.69, 9.17) is 5.41 Å². The lowest BCUT2D eigenvalue weighted by Gasteiger charge is -2.13. The highest BCUT2D eigenvalue weighted by molar-refractivity contribution is 6.14. The molecule has 1 aromatic rings. The van der Waals surface area contributed by atoms with Gasteiger partial charge < -0.3 is 10.3 Å². The Morgan fingerprint density at radius 1 is 1.43 bits per heavy atom. The van der Waals surface area contributed by atoms with E-state index in [-0.39, 0.29) is 22.9 Å². The van der Waals surface area contributed by atoms with Gasteiger partial charge in [0.2, 0.25) is 0 Å². The zero-order valence-corrected chi connectivity index (χ0v) is 12.3. The molecule has 0 spiro atoms. The molecule has 0 amide bonds. The van der Waals surface area contributed by atoms with Crippen LogP contribution in [0.3, 0.4) is 0 Å². The highest BCUT2D eigenvalue weighted by atomic mass is 16.1. The SMILES string of the molecule is C=C/C=C\C(=C/C=C)C(=N)c1c(NC(C)C)nc[nH]c1=O. The van der Waals surface area contributed by atoms with Crippen molar-refractivity contribution >= 4 is 11.5 Å². The molecule has 0 fully saturated rings. The van der Waals surface area contributed by atoms with Gasteiger partial charge in [-0.3, -0.25) is 10.2 Å². The summed E-state index contributed by atoms with van der Waals surface area (Å²) < 4.78 is 0. The number of nitrogens with one attached hydrogen (secondary N) is 3. The van der Waals surface area contributed by atoms with Gasteiger partial charge in [0.05, 0.1) is 12.0 Å². The second-order valence-electron chi connectivity index (χ2n) is 4.58. The number of hydrogen-bond donors (Lipinski definition) is 3. The topological polar surface area (TPSA) is 81.6 Å². The minimum absolute atomic E-state index is 0.0745. The normalized spacial score (nSPS) is 11.7. The number of H-pyrrole nitrogens is 1. The van der Waals surface area contributed by atoms with Crippen LogP contribution in [0.15, 0.2) is 60.2 Å². The molecule has 5 nitrogen and oxygen atoms in total. The van der Waals surface area contributed by atoms with E-state index in [9.17, 15) is 4.79 Å². The number of anilines is 1. The summed E-state index contributed by atoms with van der Waals surface area (Å²) in [7, 11) is 0. The quantitative estimate of drug-likeness (QED) is 0.532. The maximum absolute atomic E-state index is 12.1. The predicted octanol–water partition coefficient (Wildman–Crippen LogP) is 2.81. The van der Waals surface area contributed by atoms with Gasteiger partial charge in [-0.15, -0.1) is 0 Å². The molecule has 3 N–H and O–H groups in total. The summed E-state index contributed by atoms with van der Waals surface area (Å²) in [5.41, 5.74) is 0.467. The maximum atomic E-state index is 12.1. The highest BCUT2D eigenvalue weighted by Crippen LogP contribution is 2.14. The van der Waals surface area contributed by atoms with E-state index in [1.165, 1.54) is 6.33 Å². The Morgan fingerprint density at radius 2 is 2.14 bits per heavy atom. The van der Waals surface area contributed by atoms with Crippen molar-refractivity contribution < 1.29 is 0 Å². The third kappa shape index (κ3) is 4.42. The maximum Gasteiger partial charge on any atom is 0.262 e. The predicted molar refractivity (Wildman–Crippen MR) is 88.1 cm³/mol. The number of rotatable bonds is 7. The van der Waals surface area contributed by atoms with E-state index in [0.717, 1.165) is 0 Å². The van der Waals surface area contributed by atoms with Gasteiger partial charge >= 0.3 is 0 Å². The largest absolute Gasteiger partial charge is 0.367 e. The molecular weight excluding hydrogens is 264 g/mol. The van der Waals surface area contributed by atoms with Crippen molar-refractivity contribution in [2.45, 2.75) is 19.9 Å². The first-order valence-electron chi connectivity index (χ1n) is 6.56. The van der Waals surface area contributed by atoms with Crippen LogP contribution in [0.1, 0.15) is 19.4 Å². The number of allylic oxidation sites excluding steroid dienone is 6. The van der Waals surface area contributed by atoms with E-state index in [1.807, 2.05) is 13.8 Å². The first-order valence-corrected chi connectivity index (χ1v) is 6.56. The van der Waals surface area contributed by atoms with Gasteiger partial charge in [-0.25, -0.2) is 4.98 Å². The zero-order chi connectivity index (χ0) is 15.8. The Bertz CT molecular complexity index is 650. The van der Waals surface area contributed by atoms with Crippen LogP contribution in [0.5, 0.6) is 0 Å². The van der Waals surface area contributed by atoms with Crippen molar-refractivity contribution in [3.63, 3.8) is 0 Å². The summed E-state index contributed by atoms with van der Waals surface area (Å²) in [5, 5.41) is 11.4. The number of hydrogen-bond acceptors (Lipinski definition) is 4. The van der Waals surface area contributed by atoms with Gasteiger partial charge in [0, 0.05) is 11.6 Å². The van der Waals surface area contributed by atoms with Crippen molar-refractivity contribution in [3.05, 3.63) is 71.4 Å². The number of nitrogens with zero attached hydrogens (tertiary/aromatic N) is 1. The van der Waals surface area contributed by atoms with Crippen LogP contribution in [-0.4, -0.2) is 21.7 Å². The Morgan fingerprint density at radius 3 is 2.71 bits per heavy atom. The molecule has 1 aromatic heterocycles. The van der Waals surface area contributed by atoms with Crippen LogP contribution >= 0.6 is 0 Å². The Balaban J connectivity index is 3.36. The van der Waals surface area contributed by atoms with Crippen LogP contribution in [-0.2, 0) is 0 Å². The summed E-state index contributed by atoms with van der Waals surface area (Å²) in [6, 6.07) is 0.0985. The molecule has 0 aliphatic carbocycles.